The first kappa shape index (κ1) is 12.6. The summed E-state index contributed by atoms with van der Waals surface area (Å²) in [5, 5.41) is 3.15. The molecule has 0 atom stereocenters. The minimum Gasteiger partial charge on any atom is -0.326 e. The van der Waals surface area contributed by atoms with Gasteiger partial charge in [0.15, 0.2) is 0 Å². The molecular formula is C14H13ClN2O. The molecule has 0 fully saturated rings. The summed E-state index contributed by atoms with van der Waals surface area (Å²) in [6.45, 7) is 2.00. The number of amides is 1. The third-order valence-electron chi connectivity index (χ3n) is 2.46. The second-order valence-corrected chi connectivity index (χ2v) is 4.47. The SMILES string of the molecule is Cc1cccc(CC(=O)Nc2ccnc(Cl)c2)c1. The summed E-state index contributed by atoms with van der Waals surface area (Å²) in [7, 11) is 0. The summed E-state index contributed by atoms with van der Waals surface area (Å²) in [6.07, 6.45) is 1.91. The molecule has 1 heterocycles. The number of nitrogens with one attached hydrogen (secondary N) is 1. The zero-order valence-corrected chi connectivity index (χ0v) is 10.7. The third kappa shape index (κ3) is 3.57. The lowest BCUT2D eigenvalue weighted by atomic mass is 10.1. The minimum atomic E-state index is -0.0668. The highest BCUT2D eigenvalue weighted by atomic mass is 35.5. The van der Waals surface area contributed by atoms with E-state index in [4.69, 9.17) is 11.6 Å². The Balaban J connectivity index is 2.01. The van der Waals surface area contributed by atoms with Gasteiger partial charge in [-0.3, -0.25) is 4.79 Å². The van der Waals surface area contributed by atoms with E-state index in [0.29, 0.717) is 17.3 Å². The molecule has 0 aliphatic heterocycles. The first-order valence-corrected chi connectivity index (χ1v) is 5.98. The molecule has 92 valence electrons. The average molecular weight is 261 g/mol. The summed E-state index contributed by atoms with van der Waals surface area (Å²) in [5.41, 5.74) is 2.80. The zero-order chi connectivity index (χ0) is 13.0. The van der Waals surface area contributed by atoms with Crippen LogP contribution in [0, 0.1) is 6.92 Å². The fraction of sp³-hybridized carbons (Fsp3) is 0.143. The topological polar surface area (TPSA) is 42.0 Å². The number of carbonyl (C=O) groups excluding carboxylic acids is 1. The van der Waals surface area contributed by atoms with E-state index in [0.717, 1.165) is 11.1 Å². The second kappa shape index (κ2) is 5.65. The van der Waals surface area contributed by atoms with Gasteiger partial charge in [0.25, 0.3) is 0 Å². The van der Waals surface area contributed by atoms with Gasteiger partial charge < -0.3 is 5.32 Å². The first-order chi connectivity index (χ1) is 8.63. The van der Waals surface area contributed by atoms with Crippen molar-refractivity contribution in [2.45, 2.75) is 13.3 Å². The van der Waals surface area contributed by atoms with Crippen molar-refractivity contribution in [3.05, 3.63) is 58.9 Å². The number of aryl methyl sites for hydroxylation is 1. The van der Waals surface area contributed by atoms with Crippen molar-refractivity contribution >= 4 is 23.2 Å². The number of hydrogen-bond acceptors (Lipinski definition) is 2. The van der Waals surface area contributed by atoms with E-state index in [9.17, 15) is 4.79 Å². The largest absolute Gasteiger partial charge is 0.326 e. The standard InChI is InChI=1S/C14H13ClN2O/c1-10-3-2-4-11(7-10)8-14(18)17-12-5-6-16-13(15)9-12/h2-7,9H,8H2,1H3,(H,16,17,18). The van der Waals surface area contributed by atoms with E-state index < -0.39 is 0 Å². The van der Waals surface area contributed by atoms with Crippen LogP contribution in [0.2, 0.25) is 5.15 Å². The Morgan fingerprint density at radius 3 is 2.89 bits per heavy atom. The van der Waals surface area contributed by atoms with Crippen LogP contribution in [0.25, 0.3) is 0 Å². The third-order valence-corrected chi connectivity index (χ3v) is 2.66. The number of carbonyl (C=O) groups is 1. The predicted molar refractivity (Wildman–Crippen MR) is 72.8 cm³/mol. The Morgan fingerprint density at radius 2 is 2.17 bits per heavy atom. The quantitative estimate of drug-likeness (QED) is 0.861. The maximum absolute atomic E-state index is 11.8. The predicted octanol–water partition coefficient (Wildman–Crippen LogP) is 3.22. The van der Waals surface area contributed by atoms with Crippen molar-refractivity contribution in [3.63, 3.8) is 0 Å². The van der Waals surface area contributed by atoms with Crippen LogP contribution in [-0.2, 0) is 11.2 Å². The van der Waals surface area contributed by atoms with Crippen LogP contribution in [0.3, 0.4) is 0 Å². The van der Waals surface area contributed by atoms with Crippen molar-refractivity contribution in [2.24, 2.45) is 0 Å². The van der Waals surface area contributed by atoms with Crippen LogP contribution in [0.4, 0.5) is 5.69 Å². The van der Waals surface area contributed by atoms with Crippen molar-refractivity contribution in [2.75, 3.05) is 5.32 Å². The molecule has 1 amide bonds. The highest BCUT2D eigenvalue weighted by Gasteiger charge is 2.04. The molecule has 0 aliphatic rings. The highest BCUT2D eigenvalue weighted by Crippen LogP contribution is 2.12. The van der Waals surface area contributed by atoms with Gasteiger partial charge in [-0.15, -0.1) is 0 Å². The van der Waals surface area contributed by atoms with Crippen molar-refractivity contribution in [3.8, 4) is 0 Å². The summed E-state index contributed by atoms with van der Waals surface area (Å²) >= 11 is 5.75. The van der Waals surface area contributed by atoms with Gasteiger partial charge in [-0.2, -0.15) is 0 Å². The van der Waals surface area contributed by atoms with Crippen LogP contribution in [0.15, 0.2) is 42.6 Å². The average Bonchev–Trinajstić information content (AvgIpc) is 2.28. The molecule has 2 aromatic rings. The number of halogens is 1. The summed E-state index contributed by atoms with van der Waals surface area (Å²) in [5.74, 6) is -0.0668. The summed E-state index contributed by atoms with van der Waals surface area (Å²) < 4.78 is 0. The molecule has 0 radical (unpaired) electrons. The van der Waals surface area contributed by atoms with Crippen molar-refractivity contribution in [1.82, 2.24) is 4.98 Å². The number of anilines is 1. The summed E-state index contributed by atoms with van der Waals surface area (Å²) in [6, 6.07) is 11.2. The van der Waals surface area contributed by atoms with E-state index >= 15 is 0 Å². The Labute approximate surface area is 111 Å². The second-order valence-electron chi connectivity index (χ2n) is 4.08. The fourth-order valence-electron chi connectivity index (χ4n) is 1.69. The number of aromatic nitrogens is 1. The van der Waals surface area contributed by atoms with Crippen molar-refractivity contribution < 1.29 is 4.79 Å². The number of rotatable bonds is 3. The van der Waals surface area contributed by atoms with Gasteiger partial charge in [-0.1, -0.05) is 41.4 Å². The molecule has 0 aliphatic carbocycles. The zero-order valence-electron chi connectivity index (χ0n) is 9.98. The van der Waals surface area contributed by atoms with Crippen molar-refractivity contribution in [1.29, 1.82) is 0 Å². The lowest BCUT2D eigenvalue weighted by Gasteiger charge is -2.05. The molecule has 3 nitrogen and oxygen atoms in total. The Kier molecular flexibility index (Phi) is 3.95. The van der Waals surface area contributed by atoms with Gasteiger partial charge in [-0.05, 0) is 24.6 Å². The fourth-order valence-corrected chi connectivity index (χ4v) is 1.87. The van der Waals surface area contributed by atoms with Gasteiger partial charge in [-0.25, -0.2) is 4.98 Å². The number of pyridine rings is 1. The molecule has 1 aromatic carbocycles. The maximum atomic E-state index is 11.8. The number of nitrogens with zero attached hydrogens (tertiary/aromatic N) is 1. The number of benzene rings is 1. The molecule has 4 heteroatoms. The minimum absolute atomic E-state index is 0.0668. The molecule has 0 saturated carbocycles. The van der Waals surface area contributed by atoms with Gasteiger partial charge >= 0.3 is 0 Å². The first-order valence-electron chi connectivity index (χ1n) is 5.60. The highest BCUT2D eigenvalue weighted by molar-refractivity contribution is 6.29. The lowest BCUT2D eigenvalue weighted by molar-refractivity contribution is -0.115. The van der Waals surface area contributed by atoms with Gasteiger partial charge in [0, 0.05) is 11.9 Å². The van der Waals surface area contributed by atoms with Crippen LogP contribution in [0.1, 0.15) is 11.1 Å². The molecule has 0 saturated heterocycles. The van der Waals surface area contributed by atoms with Crippen LogP contribution >= 0.6 is 11.6 Å². The molecule has 0 unspecified atom stereocenters. The monoisotopic (exact) mass is 260 g/mol. The Hall–Kier alpha value is -1.87. The molecule has 1 N–H and O–H groups in total. The summed E-state index contributed by atoms with van der Waals surface area (Å²) in [4.78, 5) is 15.7. The Bertz CT molecular complexity index is 520. The van der Waals surface area contributed by atoms with E-state index in [-0.39, 0.29) is 5.91 Å². The van der Waals surface area contributed by atoms with E-state index in [1.54, 1.807) is 18.3 Å². The molecule has 0 bridgehead atoms. The van der Waals surface area contributed by atoms with Gasteiger partial charge in [0.1, 0.15) is 5.15 Å². The van der Waals surface area contributed by atoms with Gasteiger partial charge in [0.05, 0.1) is 6.42 Å². The number of hydrogen-bond donors (Lipinski definition) is 1. The Morgan fingerprint density at radius 1 is 1.33 bits per heavy atom. The normalized spacial score (nSPS) is 10.1. The van der Waals surface area contributed by atoms with E-state index in [2.05, 4.69) is 10.3 Å². The molecule has 1 aromatic heterocycles. The van der Waals surface area contributed by atoms with Crippen LogP contribution < -0.4 is 5.32 Å². The molecule has 0 spiro atoms. The van der Waals surface area contributed by atoms with Crippen LogP contribution in [-0.4, -0.2) is 10.9 Å². The van der Waals surface area contributed by atoms with Crippen LogP contribution in [0.5, 0.6) is 0 Å². The van der Waals surface area contributed by atoms with Gasteiger partial charge in [0.2, 0.25) is 5.91 Å². The maximum Gasteiger partial charge on any atom is 0.228 e. The molecule has 2 rings (SSSR count). The van der Waals surface area contributed by atoms with E-state index in [1.807, 2.05) is 31.2 Å². The van der Waals surface area contributed by atoms with E-state index in [1.165, 1.54) is 0 Å². The molecular weight excluding hydrogens is 248 g/mol. The lowest BCUT2D eigenvalue weighted by Crippen LogP contribution is -2.14. The molecule has 18 heavy (non-hydrogen) atoms. The smallest absolute Gasteiger partial charge is 0.228 e.